The van der Waals surface area contributed by atoms with Crippen molar-refractivity contribution >= 4 is 35.9 Å². The molecule has 1 aromatic rings. The smallest absolute Gasteiger partial charge is 0.485 e. The maximum absolute atomic E-state index is 10.7. The fraction of sp³-hybridized carbons (Fsp3) is 0.500. The van der Waals surface area contributed by atoms with E-state index < -0.39 is 21.6 Å². The molecule has 1 rings (SSSR count). The molecule has 0 bridgehead atoms. The molecule has 0 N–H and O–H groups in total. The average molecular weight is 409 g/mol. The summed E-state index contributed by atoms with van der Waals surface area (Å²) in [5.74, 6) is 1.65. The number of alkyl halides is 3. The SMILES string of the molecule is CCC[P+](C)([Se]C)c1ccccc1.O=S(=O)([O-])C(F)(F)F. The first kappa shape index (κ1) is 20.9. The fourth-order valence-corrected chi connectivity index (χ4v) is 8.19. The van der Waals surface area contributed by atoms with Crippen LogP contribution in [-0.2, 0) is 10.1 Å². The average Bonchev–Trinajstić information content (AvgIpc) is 2.38. The Morgan fingerprint density at radius 2 is 1.67 bits per heavy atom. The minimum Gasteiger partial charge on any atom is -0.741 e. The molecular formula is C12H18F3O3PSSe. The molecule has 0 aliphatic rings. The van der Waals surface area contributed by atoms with Crippen LogP contribution in [0.4, 0.5) is 13.2 Å². The molecule has 21 heavy (non-hydrogen) atoms. The van der Waals surface area contributed by atoms with Crippen molar-refractivity contribution in [3.63, 3.8) is 0 Å². The van der Waals surface area contributed by atoms with Gasteiger partial charge in [-0.2, -0.15) is 13.2 Å². The van der Waals surface area contributed by atoms with Gasteiger partial charge in [0.25, 0.3) is 0 Å². The fourth-order valence-electron chi connectivity index (χ4n) is 1.50. The molecule has 1 aromatic carbocycles. The molecule has 1 unspecified atom stereocenters. The van der Waals surface area contributed by atoms with E-state index in [1.165, 1.54) is 12.6 Å². The second-order valence-electron chi connectivity index (χ2n) is 4.24. The summed E-state index contributed by atoms with van der Waals surface area (Å²) in [6.07, 6.45) is 2.75. The van der Waals surface area contributed by atoms with Crippen molar-refractivity contribution in [2.45, 2.75) is 24.7 Å². The third-order valence-electron chi connectivity index (χ3n) is 2.64. The zero-order valence-electron chi connectivity index (χ0n) is 11.9. The Balaban J connectivity index is 0.000000433. The van der Waals surface area contributed by atoms with Crippen LogP contribution < -0.4 is 5.30 Å². The van der Waals surface area contributed by atoms with E-state index >= 15 is 0 Å². The Hall–Kier alpha value is -0.131. The predicted molar refractivity (Wildman–Crippen MR) is 81.4 cm³/mol. The predicted octanol–water partition coefficient (Wildman–Crippen LogP) is 3.09. The summed E-state index contributed by atoms with van der Waals surface area (Å²) >= 11 is 0.796. The molecule has 122 valence electrons. The molecule has 0 fully saturated rings. The van der Waals surface area contributed by atoms with Gasteiger partial charge in [0.05, 0.1) is 0 Å². The second kappa shape index (κ2) is 8.49. The molecule has 0 aromatic heterocycles. The topological polar surface area (TPSA) is 57.2 Å². The molecule has 0 radical (unpaired) electrons. The number of hydrogen-bond donors (Lipinski definition) is 0. The molecule has 0 saturated heterocycles. The van der Waals surface area contributed by atoms with Crippen LogP contribution in [0.25, 0.3) is 0 Å². The van der Waals surface area contributed by atoms with E-state index in [1.807, 2.05) is 0 Å². The minimum atomic E-state index is -6.09. The largest absolute Gasteiger partial charge is 0.741 e. The summed E-state index contributed by atoms with van der Waals surface area (Å²) < 4.78 is 58.9. The van der Waals surface area contributed by atoms with E-state index in [-0.39, 0.29) is 0 Å². The van der Waals surface area contributed by atoms with Crippen LogP contribution >= 0.6 is 5.95 Å². The maximum Gasteiger partial charge on any atom is 0.485 e. The zero-order chi connectivity index (χ0) is 16.7. The van der Waals surface area contributed by atoms with Gasteiger partial charge in [0.1, 0.15) is 0 Å². The van der Waals surface area contributed by atoms with E-state index in [9.17, 15) is 13.2 Å². The van der Waals surface area contributed by atoms with Crippen LogP contribution in [0.15, 0.2) is 30.3 Å². The van der Waals surface area contributed by atoms with Crippen molar-refractivity contribution < 1.29 is 26.1 Å². The summed E-state index contributed by atoms with van der Waals surface area (Å²) in [5, 5.41) is 1.62. The monoisotopic (exact) mass is 410 g/mol. The van der Waals surface area contributed by atoms with Crippen LogP contribution in [-0.4, -0.2) is 45.8 Å². The van der Waals surface area contributed by atoms with E-state index in [1.54, 1.807) is 5.30 Å². The number of halogens is 3. The van der Waals surface area contributed by atoms with E-state index in [0.717, 1.165) is 14.5 Å². The maximum atomic E-state index is 10.7. The molecule has 3 nitrogen and oxygen atoms in total. The van der Waals surface area contributed by atoms with E-state index in [4.69, 9.17) is 13.0 Å². The van der Waals surface area contributed by atoms with Crippen molar-refractivity contribution in [1.82, 2.24) is 0 Å². The molecule has 0 heterocycles. The molecule has 0 saturated carbocycles. The van der Waals surface area contributed by atoms with Crippen molar-refractivity contribution in [2.24, 2.45) is 0 Å². The summed E-state index contributed by atoms with van der Waals surface area (Å²) in [7, 11) is -6.09. The van der Waals surface area contributed by atoms with E-state index in [0.29, 0.717) is 0 Å². The van der Waals surface area contributed by atoms with Gasteiger partial charge in [0, 0.05) is 0 Å². The van der Waals surface area contributed by atoms with Gasteiger partial charge in [-0.1, -0.05) is 0 Å². The van der Waals surface area contributed by atoms with Crippen molar-refractivity contribution in [1.29, 1.82) is 0 Å². The Kier molecular flexibility index (Phi) is 8.44. The Labute approximate surface area is 130 Å². The minimum absolute atomic E-state index is 0.740. The third kappa shape index (κ3) is 7.11. The van der Waals surface area contributed by atoms with Gasteiger partial charge in [-0.3, -0.25) is 0 Å². The number of benzene rings is 1. The van der Waals surface area contributed by atoms with Crippen LogP contribution in [0.5, 0.6) is 0 Å². The second-order valence-corrected chi connectivity index (χ2v) is 16.5. The number of hydrogen-bond acceptors (Lipinski definition) is 3. The van der Waals surface area contributed by atoms with Gasteiger partial charge in [0.2, 0.25) is 0 Å². The Bertz CT molecular complexity index is 522. The molecule has 0 aliphatic heterocycles. The van der Waals surface area contributed by atoms with Crippen LogP contribution in [0.1, 0.15) is 13.3 Å². The third-order valence-corrected chi connectivity index (χ3v) is 14.3. The summed E-state index contributed by atoms with van der Waals surface area (Å²) in [5.41, 5.74) is -5.65. The van der Waals surface area contributed by atoms with Crippen molar-refractivity contribution in [3.8, 4) is 0 Å². The quantitative estimate of drug-likeness (QED) is 0.333. The van der Waals surface area contributed by atoms with Gasteiger partial charge in [-0.05, 0) is 0 Å². The molecule has 0 amide bonds. The number of rotatable bonds is 4. The normalized spacial score (nSPS) is 14.8. The molecule has 0 aliphatic carbocycles. The molecule has 1 atom stereocenters. The molecule has 0 spiro atoms. The van der Waals surface area contributed by atoms with Crippen molar-refractivity contribution in [3.05, 3.63) is 30.3 Å². The Morgan fingerprint density at radius 3 is 1.95 bits per heavy atom. The standard InChI is InChI=1S/C11H18PSe.CHF3O3S/c1-4-10-12(2,13-3)11-8-6-5-7-9-11;2-1(3,4)8(5,6)7/h5-9H,4,10H2,1-3H3;(H,5,6,7)/q+1;/p-1. The summed E-state index contributed by atoms with van der Waals surface area (Å²) in [6.45, 7) is 4.80. The summed E-state index contributed by atoms with van der Waals surface area (Å²) in [4.78, 5) is 0. The van der Waals surface area contributed by atoms with Crippen LogP contribution in [0.3, 0.4) is 0 Å². The first-order valence-electron chi connectivity index (χ1n) is 5.97. The zero-order valence-corrected chi connectivity index (χ0v) is 15.3. The van der Waals surface area contributed by atoms with Gasteiger partial charge in [-0.15, -0.1) is 0 Å². The van der Waals surface area contributed by atoms with Crippen LogP contribution in [0, 0.1) is 0 Å². The summed E-state index contributed by atoms with van der Waals surface area (Å²) in [6, 6.07) is 11.1. The van der Waals surface area contributed by atoms with Gasteiger partial charge < -0.3 is 4.55 Å². The van der Waals surface area contributed by atoms with Gasteiger partial charge >= 0.3 is 93.6 Å². The first-order valence-corrected chi connectivity index (χ1v) is 13.7. The Morgan fingerprint density at radius 1 is 1.24 bits per heavy atom. The molecule has 9 heteroatoms. The molecular weight excluding hydrogens is 391 g/mol. The first-order chi connectivity index (χ1) is 9.48. The van der Waals surface area contributed by atoms with Crippen molar-refractivity contribution in [2.75, 3.05) is 12.8 Å². The van der Waals surface area contributed by atoms with Gasteiger partial charge in [0.15, 0.2) is 10.1 Å². The van der Waals surface area contributed by atoms with Crippen LogP contribution in [0.2, 0.25) is 5.82 Å². The van der Waals surface area contributed by atoms with Gasteiger partial charge in [-0.25, -0.2) is 8.42 Å². The van der Waals surface area contributed by atoms with E-state index in [2.05, 4.69) is 49.7 Å².